The quantitative estimate of drug-likeness (QED) is 0.856. The first kappa shape index (κ1) is 22.6. The number of nitrogens with one attached hydrogen (secondary N) is 1. The molecule has 136 valence electrons. The molecule has 2 rings (SSSR count). The van der Waals surface area contributed by atoms with Gasteiger partial charge in [-0.25, -0.2) is 4.39 Å². The van der Waals surface area contributed by atoms with E-state index >= 15 is 0 Å². The van der Waals surface area contributed by atoms with Crippen LogP contribution in [0.25, 0.3) is 0 Å². The second-order valence-corrected chi connectivity index (χ2v) is 6.69. The van der Waals surface area contributed by atoms with Gasteiger partial charge in [0.1, 0.15) is 11.1 Å². The highest BCUT2D eigenvalue weighted by molar-refractivity contribution is 8.15. The monoisotopic (exact) mass is 356 g/mol. The van der Waals surface area contributed by atoms with Crippen LogP contribution in [0.2, 0.25) is 0 Å². The summed E-state index contributed by atoms with van der Waals surface area (Å²) in [5.41, 5.74) is -0.238. The van der Waals surface area contributed by atoms with Gasteiger partial charge in [-0.15, -0.1) is 0 Å². The van der Waals surface area contributed by atoms with Gasteiger partial charge in [-0.3, -0.25) is 9.79 Å². The van der Waals surface area contributed by atoms with E-state index in [9.17, 15) is 14.3 Å². The van der Waals surface area contributed by atoms with Crippen molar-refractivity contribution in [2.75, 3.05) is 0 Å². The van der Waals surface area contributed by atoms with Gasteiger partial charge < -0.3 is 10.4 Å². The number of nitrogens with zero attached hydrogens (tertiary/aromatic N) is 1. The molecule has 1 aliphatic rings. The fraction of sp³-hybridized carbons (Fsp3) is 0.556. The Bertz CT molecular complexity index is 525. The maximum absolute atomic E-state index is 12.7. The second kappa shape index (κ2) is 11.2. The molecule has 0 saturated carbocycles. The number of thioether (sulfide) groups is 1. The summed E-state index contributed by atoms with van der Waals surface area (Å²) >= 11 is 1.21. The van der Waals surface area contributed by atoms with Gasteiger partial charge in [0.25, 0.3) is 0 Å². The average Bonchev–Trinajstić information content (AvgIpc) is 2.91. The Morgan fingerprint density at radius 2 is 1.75 bits per heavy atom. The number of carbonyl (C=O) groups excluding carboxylic acids is 1. The van der Waals surface area contributed by atoms with E-state index in [1.807, 2.05) is 13.8 Å². The summed E-state index contributed by atoms with van der Waals surface area (Å²) in [6.07, 6.45) is 1.25. The predicted octanol–water partition coefficient (Wildman–Crippen LogP) is 4.13. The number of hydrogen-bond donors (Lipinski definition) is 2. The number of benzene rings is 1. The van der Waals surface area contributed by atoms with Crippen molar-refractivity contribution in [2.24, 2.45) is 4.99 Å². The molecule has 1 amide bonds. The van der Waals surface area contributed by atoms with Gasteiger partial charge in [-0.2, -0.15) is 0 Å². The first-order valence-electron chi connectivity index (χ1n) is 8.26. The van der Waals surface area contributed by atoms with Crippen molar-refractivity contribution in [3.63, 3.8) is 0 Å². The van der Waals surface area contributed by atoms with Crippen LogP contribution in [0.5, 0.6) is 0 Å². The van der Waals surface area contributed by atoms with E-state index < -0.39 is 10.9 Å². The van der Waals surface area contributed by atoms with E-state index in [2.05, 4.69) is 24.2 Å². The van der Waals surface area contributed by atoms with Gasteiger partial charge >= 0.3 is 0 Å². The average molecular weight is 357 g/mol. The summed E-state index contributed by atoms with van der Waals surface area (Å²) in [5.74, 6) is -0.530. The number of aliphatic hydroxyl groups is 1. The number of hydrogen-bond acceptors (Lipinski definition) is 4. The number of rotatable bonds is 3. The molecule has 1 aromatic carbocycles. The molecule has 4 nitrogen and oxygen atoms in total. The Kier molecular flexibility index (Phi) is 10.6. The van der Waals surface area contributed by atoms with Crippen LogP contribution in [0.3, 0.4) is 0 Å². The Labute approximate surface area is 149 Å². The van der Waals surface area contributed by atoms with E-state index in [-0.39, 0.29) is 11.7 Å². The predicted molar refractivity (Wildman–Crippen MR) is 101 cm³/mol. The lowest BCUT2D eigenvalue weighted by atomic mass is 10.1. The summed E-state index contributed by atoms with van der Waals surface area (Å²) in [7, 11) is 0. The Morgan fingerprint density at radius 1 is 1.25 bits per heavy atom. The van der Waals surface area contributed by atoms with Crippen LogP contribution in [0, 0.1) is 5.82 Å². The van der Waals surface area contributed by atoms with E-state index in [4.69, 9.17) is 0 Å². The Hall–Kier alpha value is -1.40. The number of aliphatic imine (C=N–C) groups is 1. The van der Waals surface area contributed by atoms with Crippen LogP contribution in [0.4, 0.5) is 4.39 Å². The van der Waals surface area contributed by atoms with Crippen molar-refractivity contribution in [1.29, 1.82) is 0 Å². The van der Waals surface area contributed by atoms with Gasteiger partial charge in [-0.05, 0) is 31.5 Å². The third-order valence-corrected chi connectivity index (χ3v) is 4.14. The SMILES string of the molecule is CC.CC(C)(O)C1SC(=NCc2ccc(F)cc2)NC1=O.CCC. The lowest BCUT2D eigenvalue weighted by molar-refractivity contribution is -0.122. The van der Waals surface area contributed by atoms with Crippen molar-refractivity contribution < 1.29 is 14.3 Å². The molecule has 0 bridgehead atoms. The van der Waals surface area contributed by atoms with Crippen molar-refractivity contribution in [3.05, 3.63) is 35.6 Å². The Balaban J connectivity index is 0.000000952. The zero-order valence-electron chi connectivity index (χ0n) is 15.4. The fourth-order valence-electron chi connectivity index (χ4n) is 1.66. The van der Waals surface area contributed by atoms with E-state index in [0.717, 1.165) is 5.56 Å². The zero-order chi connectivity index (χ0) is 18.8. The third-order valence-electron chi connectivity index (χ3n) is 2.66. The highest BCUT2D eigenvalue weighted by Crippen LogP contribution is 2.28. The molecule has 1 atom stereocenters. The summed E-state index contributed by atoms with van der Waals surface area (Å²) in [6.45, 7) is 11.8. The first-order valence-corrected chi connectivity index (χ1v) is 9.14. The standard InChI is InChI=1S/C13H15FN2O2S.C3H8.C2H6/c1-13(2,18)10-11(17)16-12(19-10)15-7-8-3-5-9(14)6-4-8;1-3-2;1-2/h3-6,10,18H,7H2,1-2H3,(H,15,16,17);3H2,1-2H3;1-2H3. The molecular formula is C18H29FN2O2S. The van der Waals surface area contributed by atoms with E-state index in [1.54, 1.807) is 26.0 Å². The third kappa shape index (κ3) is 7.93. The van der Waals surface area contributed by atoms with Crippen LogP contribution >= 0.6 is 11.8 Å². The number of amidine groups is 1. The molecule has 1 aliphatic heterocycles. The summed E-state index contributed by atoms with van der Waals surface area (Å²) in [6, 6.07) is 6.04. The van der Waals surface area contributed by atoms with Crippen LogP contribution in [-0.2, 0) is 11.3 Å². The normalized spacial score (nSPS) is 18.2. The minimum absolute atomic E-state index is 0.240. The molecular weight excluding hydrogens is 327 g/mol. The van der Waals surface area contributed by atoms with Gasteiger partial charge in [0.2, 0.25) is 5.91 Å². The minimum atomic E-state index is -1.10. The maximum Gasteiger partial charge on any atom is 0.242 e. The molecule has 24 heavy (non-hydrogen) atoms. The molecule has 1 saturated heterocycles. The number of halogens is 1. The lowest BCUT2D eigenvalue weighted by Crippen LogP contribution is -2.40. The largest absolute Gasteiger partial charge is 0.389 e. The molecule has 1 fully saturated rings. The first-order chi connectivity index (χ1) is 11.3. The second-order valence-electron chi connectivity index (χ2n) is 5.60. The topological polar surface area (TPSA) is 61.7 Å². The van der Waals surface area contributed by atoms with Gasteiger partial charge in [-0.1, -0.05) is 58.0 Å². The Morgan fingerprint density at radius 3 is 2.17 bits per heavy atom. The van der Waals surface area contributed by atoms with Gasteiger partial charge in [0, 0.05) is 0 Å². The molecule has 6 heteroatoms. The van der Waals surface area contributed by atoms with E-state index in [0.29, 0.717) is 11.7 Å². The van der Waals surface area contributed by atoms with Crippen molar-refractivity contribution in [2.45, 2.75) is 65.4 Å². The van der Waals surface area contributed by atoms with Crippen molar-refractivity contribution in [3.8, 4) is 0 Å². The molecule has 2 N–H and O–H groups in total. The van der Waals surface area contributed by atoms with Crippen LogP contribution in [0.15, 0.2) is 29.3 Å². The number of amides is 1. The van der Waals surface area contributed by atoms with Gasteiger partial charge in [0.15, 0.2) is 5.17 Å². The molecule has 0 aromatic heterocycles. The molecule has 1 unspecified atom stereocenters. The van der Waals surface area contributed by atoms with Crippen LogP contribution in [-0.4, -0.2) is 27.0 Å². The minimum Gasteiger partial charge on any atom is -0.389 e. The van der Waals surface area contributed by atoms with Crippen LogP contribution < -0.4 is 5.32 Å². The van der Waals surface area contributed by atoms with Crippen molar-refractivity contribution >= 4 is 22.8 Å². The fourth-order valence-corrected chi connectivity index (χ4v) is 2.64. The maximum atomic E-state index is 12.7. The molecule has 0 aliphatic carbocycles. The summed E-state index contributed by atoms with van der Waals surface area (Å²) in [5, 5.41) is 12.4. The smallest absolute Gasteiger partial charge is 0.242 e. The molecule has 1 aromatic rings. The molecule has 1 heterocycles. The van der Waals surface area contributed by atoms with Crippen LogP contribution in [0.1, 0.15) is 53.5 Å². The van der Waals surface area contributed by atoms with Crippen molar-refractivity contribution in [1.82, 2.24) is 5.32 Å². The molecule has 0 radical (unpaired) electrons. The van der Waals surface area contributed by atoms with E-state index in [1.165, 1.54) is 30.3 Å². The lowest BCUT2D eigenvalue weighted by Gasteiger charge is -2.20. The zero-order valence-corrected chi connectivity index (χ0v) is 16.2. The molecule has 0 spiro atoms. The highest BCUT2D eigenvalue weighted by Gasteiger charge is 2.40. The van der Waals surface area contributed by atoms with Gasteiger partial charge in [0.05, 0.1) is 12.1 Å². The highest BCUT2D eigenvalue weighted by atomic mass is 32.2. The number of carbonyl (C=O) groups is 1. The summed E-state index contributed by atoms with van der Waals surface area (Å²) in [4.78, 5) is 15.9. The summed E-state index contributed by atoms with van der Waals surface area (Å²) < 4.78 is 12.7.